The molecule has 0 aliphatic rings. The Hall–Kier alpha value is -1.43. The molecule has 1 rings (SSSR count). The van der Waals surface area contributed by atoms with E-state index in [0.717, 1.165) is 0 Å². The van der Waals surface area contributed by atoms with Crippen molar-refractivity contribution in [2.75, 3.05) is 7.05 Å². The lowest BCUT2D eigenvalue weighted by Crippen LogP contribution is -2.26. The first-order valence-corrected chi connectivity index (χ1v) is 4.20. The second-order valence-corrected chi connectivity index (χ2v) is 3.63. The topological polar surface area (TPSA) is 88.3 Å². The van der Waals surface area contributed by atoms with Crippen LogP contribution in [-0.2, 0) is 6.42 Å². The largest absolute Gasteiger partial charge is 0.390 e. The lowest BCUT2D eigenvalue weighted by molar-refractivity contribution is 0.0785. The van der Waals surface area contributed by atoms with E-state index < -0.39 is 5.60 Å². The molecule has 1 aromatic heterocycles. The summed E-state index contributed by atoms with van der Waals surface area (Å²) < 4.78 is 4.44. The minimum Gasteiger partial charge on any atom is -0.390 e. The number of hydrogen-bond acceptors (Lipinski definition) is 5. The fraction of sp³-hybridized carbons (Fsp3) is 0.625. The molecule has 0 aliphatic carbocycles. The van der Waals surface area contributed by atoms with Gasteiger partial charge in [-0.1, -0.05) is 5.16 Å². The van der Waals surface area contributed by atoms with Crippen LogP contribution >= 0.6 is 0 Å². The molecule has 0 aromatic carbocycles. The van der Waals surface area contributed by atoms with Gasteiger partial charge in [0.05, 0.1) is 5.60 Å². The number of aromatic nitrogens is 2. The summed E-state index contributed by atoms with van der Waals surface area (Å²) in [6.07, 6.45) is 0.221. The van der Waals surface area contributed by atoms with Gasteiger partial charge in [-0.25, -0.2) is 4.63 Å². The number of nitrogens with zero attached hydrogens (tertiary/aromatic N) is 2. The van der Waals surface area contributed by atoms with Crippen LogP contribution in [0.2, 0.25) is 0 Å². The molecular formula is C8H13N3O3. The maximum atomic E-state index is 11.2. The van der Waals surface area contributed by atoms with Crippen molar-refractivity contribution in [1.82, 2.24) is 15.6 Å². The van der Waals surface area contributed by atoms with Crippen LogP contribution in [0.5, 0.6) is 0 Å². The Balaban J connectivity index is 2.88. The van der Waals surface area contributed by atoms with E-state index in [4.69, 9.17) is 0 Å². The Labute approximate surface area is 81.3 Å². The highest BCUT2D eigenvalue weighted by molar-refractivity contribution is 5.92. The Morgan fingerprint density at radius 2 is 2.21 bits per heavy atom. The van der Waals surface area contributed by atoms with Gasteiger partial charge in [0.15, 0.2) is 5.69 Å². The minimum atomic E-state index is -0.943. The fourth-order valence-electron chi connectivity index (χ4n) is 1.02. The monoisotopic (exact) mass is 199 g/mol. The minimum absolute atomic E-state index is 0.120. The molecule has 0 fully saturated rings. The van der Waals surface area contributed by atoms with Crippen molar-refractivity contribution in [3.8, 4) is 0 Å². The highest BCUT2D eigenvalue weighted by Crippen LogP contribution is 2.12. The predicted molar refractivity (Wildman–Crippen MR) is 47.7 cm³/mol. The van der Waals surface area contributed by atoms with Gasteiger partial charge in [0.1, 0.15) is 5.69 Å². The van der Waals surface area contributed by atoms with Gasteiger partial charge in [-0.3, -0.25) is 4.79 Å². The van der Waals surface area contributed by atoms with Gasteiger partial charge in [0, 0.05) is 13.5 Å². The van der Waals surface area contributed by atoms with E-state index in [2.05, 4.69) is 20.3 Å². The summed E-state index contributed by atoms with van der Waals surface area (Å²) in [5.41, 5.74) is -0.465. The van der Waals surface area contributed by atoms with Crippen molar-refractivity contribution in [2.45, 2.75) is 25.9 Å². The Kier molecular flexibility index (Phi) is 2.85. The molecule has 0 saturated carbocycles. The Morgan fingerprint density at radius 1 is 1.57 bits per heavy atom. The number of carbonyl (C=O) groups excluding carboxylic acids is 1. The molecule has 0 spiro atoms. The summed E-state index contributed by atoms with van der Waals surface area (Å²) in [5, 5.41) is 19.0. The second-order valence-electron chi connectivity index (χ2n) is 3.63. The average molecular weight is 199 g/mol. The van der Waals surface area contributed by atoms with Gasteiger partial charge >= 0.3 is 0 Å². The molecule has 0 aliphatic heterocycles. The van der Waals surface area contributed by atoms with Crippen molar-refractivity contribution in [1.29, 1.82) is 0 Å². The van der Waals surface area contributed by atoms with Gasteiger partial charge in [0.2, 0.25) is 0 Å². The van der Waals surface area contributed by atoms with Gasteiger partial charge < -0.3 is 10.4 Å². The average Bonchev–Trinajstić information content (AvgIpc) is 2.48. The van der Waals surface area contributed by atoms with Crippen LogP contribution in [0.3, 0.4) is 0 Å². The van der Waals surface area contributed by atoms with Crippen LogP contribution in [-0.4, -0.2) is 34.0 Å². The van der Waals surface area contributed by atoms with Gasteiger partial charge in [-0.05, 0) is 19.0 Å². The molecule has 0 atom stereocenters. The molecule has 14 heavy (non-hydrogen) atoms. The van der Waals surface area contributed by atoms with E-state index in [1.807, 2.05) is 0 Å². The molecule has 1 aromatic rings. The van der Waals surface area contributed by atoms with E-state index in [9.17, 15) is 9.90 Å². The van der Waals surface area contributed by atoms with E-state index >= 15 is 0 Å². The molecule has 6 heteroatoms. The van der Waals surface area contributed by atoms with Crippen molar-refractivity contribution in [3.05, 3.63) is 11.4 Å². The number of nitrogens with one attached hydrogen (secondary N) is 1. The number of amides is 1. The normalized spacial score (nSPS) is 11.4. The third-order valence-electron chi connectivity index (χ3n) is 1.60. The van der Waals surface area contributed by atoms with Crippen molar-refractivity contribution in [3.63, 3.8) is 0 Å². The zero-order chi connectivity index (χ0) is 10.8. The zero-order valence-corrected chi connectivity index (χ0v) is 8.37. The third kappa shape index (κ3) is 2.53. The zero-order valence-electron chi connectivity index (χ0n) is 8.37. The summed E-state index contributed by atoms with van der Waals surface area (Å²) in [7, 11) is 1.49. The summed E-state index contributed by atoms with van der Waals surface area (Å²) in [6, 6.07) is 0. The molecule has 0 radical (unpaired) electrons. The maximum Gasteiger partial charge on any atom is 0.275 e. The first kappa shape index (κ1) is 10.6. The van der Waals surface area contributed by atoms with E-state index in [1.54, 1.807) is 13.8 Å². The lowest BCUT2D eigenvalue weighted by Gasteiger charge is -2.14. The van der Waals surface area contributed by atoms with Crippen LogP contribution in [0.4, 0.5) is 0 Å². The smallest absolute Gasteiger partial charge is 0.275 e. The van der Waals surface area contributed by atoms with Crippen LogP contribution in [0.1, 0.15) is 30.0 Å². The summed E-state index contributed by atoms with van der Waals surface area (Å²) in [6.45, 7) is 3.24. The molecule has 6 nitrogen and oxygen atoms in total. The molecule has 1 amide bonds. The molecule has 0 saturated heterocycles. The van der Waals surface area contributed by atoms with Gasteiger partial charge in [0.25, 0.3) is 5.91 Å². The molecule has 0 unspecified atom stereocenters. The van der Waals surface area contributed by atoms with E-state index in [1.165, 1.54) is 7.05 Å². The third-order valence-corrected chi connectivity index (χ3v) is 1.60. The highest BCUT2D eigenvalue weighted by Gasteiger charge is 2.23. The maximum absolute atomic E-state index is 11.2. The fourth-order valence-corrected chi connectivity index (χ4v) is 1.02. The molecular weight excluding hydrogens is 186 g/mol. The number of hydrogen-bond donors (Lipinski definition) is 2. The lowest BCUT2D eigenvalue weighted by atomic mass is 10.0. The van der Waals surface area contributed by atoms with Crippen LogP contribution in [0, 0.1) is 0 Å². The SMILES string of the molecule is CNC(=O)c1nonc1CC(C)(C)O. The first-order valence-electron chi connectivity index (χ1n) is 4.20. The summed E-state index contributed by atoms with van der Waals surface area (Å²) in [4.78, 5) is 11.2. The van der Waals surface area contributed by atoms with Crippen molar-refractivity contribution < 1.29 is 14.5 Å². The molecule has 2 N–H and O–H groups in total. The first-order chi connectivity index (χ1) is 6.44. The predicted octanol–water partition coefficient (Wildman–Crippen LogP) is -0.257. The second kappa shape index (κ2) is 3.75. The Bertz CT molecular complexity index is 327. The number of rotatable bonds is 3. The van der Waals surface area contributed by atoms with Crippen LogP contribution in [0.25, 0.3) is 0 Å². The van der Waals surface area contributed by atoms with Crippen molar-refractivity contribution in [2.24, 2.45) is 0 Å². The molecule has 0 bridgehead atoms. The molecule has 78 valence electrons. The quantitative estimate of drug-likeness (QED) is 0.700. The van der Waals surface area contributed by atoms with Crippen LogP contribution < -0.4 is 5.32 Å². The molecule has 1 heterocycles. The van der Waals surface area contributed by atoms with E-state index in [0.29, 0.717) is 5.69 Å². The van der Waals surface area contributed by atoms with Crippen LogP contribution in [0.15, 0.2) is 4.63 Å². The summed E-state index contributed by atoms with van der Waals surface area (Å²) in [5.74, 6) is -0.370. The summed E-state index contributed by atoms with van der Waals surface area (Å²) >= 11 is 0. The standard InChI is InChI=1S/C8H13N3O3/c1-8(2,13)4-5-6(7(12)9-3)11-14-10-5/h13H,4H2,1-3H3,(H,9,12). The number of carbonyl (C=O) groups is 1. The van der Waals surface area contributed by atoms with Gasteiger partial charge in [-0.15, -0.1) is 0 Å². The van der Waals surface area contributed by atoms with Gasteiger partial charge in [-0.2, -0.15) is 0 Å². The van der Waals surface area contributed by atoms with E-state index in [-0.39, 0.29) is 18.0 Å². The Morgan fingerprint density at radius 3 is 2.71 bits per heavy atom. The highest BCUT2D eigenvalue weighted by atomic mass is 16.6. The van der Waals surface area contributed by atoms with Crippen molar-refractivity contribution >= 4 is 5.91 Å². The number of aliphatic hydroxyl groups is 1.